The molecule has 0 fully saturated rings. The summed E-state index contributed by atoms with van der Waals surface area (Å²) in [7, 11) is 0. The van der Waals surface area contributed by atoms with Crippen LogP contribution in [0, 0.1) is 0 Å². The van der Waals surface area contributed by atoms with Crippen molar-refractivity contribution < 1.29 is 13.9 Å². The van der Waals surface area contributed by atoms with Gasteiger partial charge in [0.05, 0.1) is 16.1 Å². The van der Waals surface area contributed by atoms with Crippen LogP contribution in [0.3, 0.4) is 0 Å². The molecule has 134 valence electrons. The van der Waals surface area contributed by atoms with Crippen LogP contribution in [0.1, 0.15) is 18.5 Å². The lowest BCUT2D eigenvalue weighted by Crippen LogP contribution is -2.31. The Labute approximate surface area is 160 Å². The van der Waals surface area contributed by atoms with Crippen LogP contribution in [0.5, 0.6) is 5.75 Å². The van der Waals surface area contributed by atoms with Gasteiger partial charge in [0, 0.05) is 5.56 Å². The number of aromatic nitrogens is 2. The van der Waals surface area contributed by atoms with Crippen molar-refractivity contribution in [2.45, 2.75) is 13.0 Å². The van der Waals surface area contributed by atoms with Gasteiger partial charge in [-0.3, -0.25) is 4.79 Å². The van der Waals surface area contributed by atoms with E-state index in [1.54, 1.807) is 36.4 Å². The van der Waals surface area contributed by atoms with E-state index in [1.807, 2.05) is 13.0 Å². The van der Waals surface area contributed by atoms with Crippen molar-refractivity contribution in [3.05, 3.63) is 64.5 Å². The normalized spacial score (nSPS) is 11.8. The van der Waals surface area contributed by atoms with E-state index in [9.17, 15) is 4.79 Å². The fourth-order valence-electron chi connectivity index (χ4n) is 2.29. The van der Waals surface area contributed by atoms with Gasteiger partial charge in [-0.1, -0.05) is 29.3 Å². The topological polar surface area (TPSA) is 77.2 Å². The third-order valence-electron chi connectivity index (χ3n) is 3.65. The summed E-state index contributed by atoms with van der Waals surface area (Å²) in [5, 5.41) is 11.2. The number of carbonyl (C=O) groups excluding carboxylic acids is 1. The number of hydrogen-bond acceptors (Lipinski definition) is 5. The molecule has 0 saturated carbocycles. The standard InChI is InChI=1S/C18H15Cl2N3O3/c1-11(13-4-7-15(19)16(20)8-13)22-17(24)9-25-14-5-2-12(3-6-14)18-23-21-10-26-18/h2-8,10-11H,9H2,1H3,(H,22,24). The van der Waals surface area contributed by atoms with E-state index in [0.717, 1.165) is 11.1 Å². The summed E-state index contributed by atoms with van der Waals surface area (Å²) < 4.78 is 10.6. The van der Waals surface area contributed by atoms with Crippen LogP contribution in [0.25, 0.3) is 11.5 Å². The Hall–Kier alpha value is -2.57. The zero-order valence-electron chi connectivity index (χ0n) is 13.8. The lowest BCUT2D eigenvalue weighted by Gasteiger charge is -2.15. The van der Waals surface area contributed by atoms with Gasteiger partial charge in [0.25, 0.3) is 5.91 Å². The highest BCUT2D eigenvalue weighted by Crippen LogP contribution is 2.25. The average molecular weight is 392 g/mol. The van der Waals surface area contributed by atoms with Crippen molar-refractivity contribution in [2.24, 2.45) is 0 Å². The third-order valence-corrected chi connectivity index (χ3v) is 4.39. The summed E-state index contributed by atoms with van der Waals surface area (Å²) in [6.45, 7) is 1.75. The van der Waals surface area contributed by atoms with Crippen molar-refractivity contribution in [2.75, 3.05) is 6.61 Å². The van der Waals surface area contributed by atoms with E-state index < -0.39 is 0 Å². The molecule has 26 heavy (non-hydrogen) atoms. The molecule has 0 aliphatic rings. The van der Waals surface area contributed by atoms with Gasteiger partial charge < -0.3 is 14.5 Å². The maximum absolute atomic E-state index is 12.1. The summed E-state index contributed by atoms with van der Waals surface area (Å²) in [5.41, 5.74) is 1.63. The van der Waals surface area contributed by atoms with Gasteiger partial charge in [-0.25, -0.2) is 0 Å². The van der Waals surface area contributed by atoms with Gasteiger partial charge in [-0.2, -0.15) is 0 Å². The number of ether oxygens (including phenoxy) is 1. The largest absolute Gasteiger partial charge is 0.484 e. The predicted molar refractivity (Wildman–Crippen MR) is 98.2 cm³/mol. The number of halogens is 2. The second-order valence-corrected chi connectivity index (χ2v) is 6.33. The van der Waals surface area contributed by atoms with E-state index in [-0.39, 0.29) is 18.6 Å². The van der Waals surface area contributed by atoms with E-state index in [0.29, 0.717) is 21.7 Å². The molecule has 1 unspecified atom stereocenters. The first-order valence-electron chi connectivity index (χ1n) is 7.76. The first kappa shape index (κ1) is 18.2. The lowest BCUT2D eigenvalue weighted by atomic mass is 10.1. The summed E-state index contributed by atoms with van der Waals surface area (Å²) >= 11 is 11.9. The Morgan fingerprint density at radius 3 is 2.62 bits per heavy atom. The molecule has 0 bridgehead atoms. The molecule has 0 spiro atoms. The van der Waals surface area contributed by atoms with E-state index in [4.69, 9.17) is 32.4 Å². The van der Waals surface area contributed by atoms with Gasteiger partial charge in [-0.15, -0.1) is 10.2 Å². The van der Waals surface area contributed by atoms with Crippen LogP contribution in [0.4, 0.5) is 0 Å². The Bertz CT molecular complexity index is 883. The van der Waals surface area contributed by atoms with Crippen LogP contribution in [-0.2, 0) is 4.79 Å². The van der Waals surface area contributed by atoms with Gasteiger partial charge in [0.1, 0.15) is 5.75 Å². The van der Waals surface area contributed by atoms with Crippen molar-refractivity contribution >= 4 is 29.1 Å². The van der Waals surface area contributed by atoms with Crippen molar-refractivity contribution in [1.29, 1.82) is 0 Å². The zero-order chi connectivity index (χ0) is 18.5. The van der Waals surface area contributed by atoms with E-state index >= 15 is 0 Å². The molecule has 1 aromatic heterocycles. The molecule has 0 aliphatic heterocycles. The summed E-state index contributed by atoms with van der Waals surface area (Å²) in [5.74, 6) is 0.736. The van der Waals surface area contributed by atoms with Gasteiger partial charge in [0.2, 0.25) is 12.3 Å². The van der Waals surface area contributed by atoms with Crippen LogP contribution < -0.4 is 10.1 Å². The molecule has 0 saturated heterocycles. The minimum atomic E-state index is -0.246. The second kappa shape index (κ2) is 8.21. The average Bonchev–Trinajstić information content (AvgIpc) is 3.17. The van der Waals surface area contributed by atoms with Gasteiger partial charge in [-0.05, 0) is 48.9 Å². The highest BCUT2D eigenvalue weighted by Gasteiger charge is 2.12. The van der Waals surface area contributed by atoms with Crippen molar-refractivity contribution in [3.63, 3.8) is 0 Å². The Kier molecular flexibility index (Phi) is 5.75. The molecular weight excluding hydrogens is 377 g/mol. The molecular formula is C18H15Cl2N3O3. The van der Waals surface area contributed by atoms with Crippen LogP contribution >= 0.6 is 23.2 Å². The molecule has 0 radical (unpaired) electrons. The lowest BCUT2D eigenvalue weighted by molar-refractivity contribution is -0.123. The molecule has 1 amide bonds. The minimum absolute atomic E-state index is 0.106. The highest BCUT2D eigenvalue weighted by molar-refractivity contribution is 6.42. The fraction of sp³-hybridized carbons (Fsp3) is 0.167. The summed E-state index contributed by atoms with van der Waals surface area (Å²) in [6, 6.07) is 12.0. The Morgan fingerprint density at radius 1 is 1.19 bits per heavy atom. The number of benzene rings is 2. The number of nitrogens with zero attached hydrogens (tertiary/aromatic N) is 2. The summed E-state index contributed by atoms with van der Waals surface area (Å²) in [4.78, 5) is 12.1. The van der Waals surface area contributed by atoms with Crippen LogP contribution in [-0.4, -0.2) is 22.7 Å². The maximum atomic E-state index is 12.1. The van der Waals surface area contributed by atoms with Crippen LogP contribution in [0.2, 0.25) is 10.0 Å². The van der Waals surface area contributed by atoms with Crippen molar-refractivity contribution in [3.8, 4) is 17.2 Å². The number of nitrogens with one attached hydrogen (secondary N) is 1. The van der Waals surface area contributed by atoms with E-state index in [2.05, 4.69) is 15.5 Å². The number of carbonyl (C=O) groups is 1. The number of rotatable bonds is 6. The zero-order valence-corrected chi connectivity index (χ0v) is 15.3. The molecule has 3 aromatic rings. The molecule has 1 heterocycles. The first-order valence-corrected chi connectivity index (χ1v) is 8.52. The highest BCUT2D eigenvalue weighted by atomic mass is 35.5. The van der Waals surface area contributed by atoms with E-state index in [1.165, 1.54) is 6.39 Å². The molecule has 1 atom stereocenters. The monoisotopic (exact) mass is 391 g/mol. The Morgan fingerprint density at radius 2 is 1.96 bits per heavy atom. The third kappa shape index (κ3) is 4.53. The minimum Gasteiger partial charge on any atom is -0.484 e. The number of hydrogen-bond donors (Lipinski definition) is 1. The molecule has 6 nitrogen and oxygen atoms in total. The van der Waals surface area contributed by atoms with Gasteiger partial charge >= 0.3 is 0 Å². The smallest absolute Gasteiger partial charge is 0.258 e. The first-order chi connectivity index (χ1) is 12.5. The van der Waals surface area contributed by atoms with Gasteiger partial charge in [0.15, 0.2) is 6.61 Å². The molecule has 1 N–H and O–H groups in total. The number of amides is 1. The quantitative estimate of drug-likeness (QED) is 0.677. The Balaban J connectivity index is 1.52. The fourth-order valence-corrected chi connectivity index (χ4v) is 2.60. The SMILES string of the molecule is CC(NC(=O)COc1ccc(-c2nnco2)cc1)c1ccc(Cl)c(Cl)c1. The van der Waals surface area contributed by atoms with Crippen molar-refractivity contribution in [1.82, 2.24) is 15.5 Å². The second-order valence-electron chi connectivity index (χ2n) is 5.52. The van der Waals surface area contributed by atoms with Crippen LogP contribution in [0.15, 0.2) is 53.3 Å². The maximum Gasteiger partial charge on any atom is 0.258 e. The predicted octanol–water partition coefficient (Wildman–Crippen LogP) is 4.30. The molecule has 0 aliphatic carbocycles. The molecule has 8 heteroatoms. The molecule has 3 rings (SSSR count). The molecule has 2 aromatic carbocycles. The summed E-state index contributed by atoms with van der Waals surface area (Å²) in [6.07, 6.45) is 1.26.